The number of aryl methyl sites for hydroxylation is 2. The van der Waals surface area contributed by atoms with Crippen molar-refractivity contribution in [1.29, 1.82) is 0 Å². The topological polar surface area (TPSA) is 12.0 Å². The van der Waals surface area contributed by atoms with Gasteiger partial charge in [0, 0.05) is 10.5 Å². The Hall–Kier alpha value is -1.26. The van der Waals surface area contributed by atoms with Crippen molar-refractivity contribution in [3.05, 3.63) is 68.7 Å². The van der Waals surface area contributed by atoms with Gasteiger partial charge >= 0.3 is 0 Å². The van der Waals surface area contributed by atoms with Gasteiger partial charge < -0.3 is 5.32 Å². The fraction of sp³-hybridized carbons (Fsp3) is 0.294. The zero-order chi connectivity index (χ0) is 15.6. The van der Waals surface area contributed by atoms with Crippen LogP contribution in [0, 0.1) is 25.5 Å². The normalized spacial score (nSPS) is 12.5. The Morgan fingerprint density at radius 3 is 2.19 bits per heavy atom. The summed E-state index contributed by atoms with van der Waals surface area (Å²) in [6, 6.07) is 7.51. The van der Waals surface area contributed by atoms with Crippen LogP contribution in [0.15, 0.2) is 34.8 Å². The number of hydrogen-bond donors (Lipinski definition) is 1. The lowest BCUT2D eigenvalue weighted by molar-refractivity contribution is 0.564. The Morgan fingerprint density at radius 1 is 1.00 bits per heavy atom. The molecule has 0 aromatic heterocycles. The van der Waals surface area contributed by atoms with Crippen LogP contribution in [0.25, 0.3) is 0 Å². The number of rotatable bonds is 4. The summed E-state index contributed by atoms with van der Waals surface area (Å²) < 4.78 is 28.1. The lowest BCUT2D eigenvalue weighted by Gasteiger charge is -2.22. The summed E-state index contributed by atoms with van der Waals surface area (Å²) in [4.78, 5) is 0. The summed E-state index contributed by atoms with van der Waals surface area (Å²) in [5, 5.41) is 3.31. The maximum atomic E-state index is 13.5. The minimum atomic E-state index is -0.556. The first-order valence-electron chi connectivity index (χ1n) is 6.88. The van der Waals surface area contributed by atoms with E-state index in [1.54, 1.807) is 0 Å². The Morgan fingerprint density at radius 2 is 1.62 bits per heavy atom. The summed E-state index contributed by atoms with van der Waals surface area (Å²) in [7, 11) is 0. The van der Waals surface area contributed by atoms with Crippen LogP contribution in [0.1, 0.15) is 35.2 Å². The molecule has 112 valence electrons. The van der Waals surface area contributed by atoms with Gasteiger partial charge in [0.1, 0.15) is 11.6 Å². The van der Waals surface area contributed by atoms with Crippen LogP contribution in [0.5, 0.6) is 0 Å². The molecule has 0 saturated carbocycles. The van der Waals surface area contributed by atoms with Crippen LogP contribution in [-0.4, -0.2) is 6.54 Å². The molecule has 21 heavy (non-hydrogen) atoms. The van der Waals surface area contributed by atoms with Gasteiger partial charge in [0.05, 0.1) is 6.04 Å². The largest absolute Gasteiger partial charge is 0.307 e. The third-order valence-electron chi connectivity index (χ3n) is 3.48. The Bertz CT molecular complexity index is 635. The summed E-state index contributed by atoms with van der Waals surface area (Å²) in [6.45, 7) is 6.68. The van der Waals surface area contributed by atoms with Crippen molar-refractivity contribution in [2.24, 2.45) is 0 Å². The molecule has 1 N–H and O–H groups in total. The average Bonchev–Trinajstić information content (AvgIpc) is 2.39. The molecule has 2 aromatic carbocycles. The third kappa shape index (κ3) is 3.69. The first kappa shape index (κ1) is 16.1. The first-order valence-corrected chi connectivity index (χ1v) is 7.67. The number of nitrogens with one attached hydrogen (secondary N) is 1. The van der Waals surface area contributed by atoms with Gasteiger partial charge in [-0.25, -0.2) is 8.78 Å². The van der Waals surface area contributed by atoms with Crippen LogP contribution >= 0.6 is 15.9 Å². The maximum absolute atomic E-state index is 13.5. The molecule has 0 radical (unpaired) electrons. The molecule has 1 nitrogen and oxygen atoms in total. The van der Waals surface area contributed by atoms with Gasteiger partial charge in [0.25, 0.3) is 0 Å². The summed E-state index contributed by atoms with van der Waals surface area (Å²) in [5.41, 5.74) is 3.79. The lowest BCUT2D eigenvalue weighted by Crippen LogP contribution is -2.23. The first-order chi connectivity index (χ1) is 9.92. The highest BCUT2D eigenvalue weighted by atomic mass is 79.9. The van der Waals surface area contributed by atoms with Crippen molar-refractivity contribution in [2.75, 3.05) is 6.54 Å². The van der Waals surface area contributed by atoms with Gasteiger partial charge in [-0.2, -0.15) is 0 Å². The molecule has 1 atom stereocenters. The van der Waals surface area contributed by atoms with Gasteiger partial charge in [-0.1, -0.05) is 28.9 Å². The van der Waals surface area contributed by atoms with E-state index < -0.39 is 11.6 Å². The molecule has 0 aliphatic rings. The smallest absolute Gasteiger partial charge is 0.126 e. The minimum Gasteiger partial charge on any atom is -0.307 e. The molecule has 0 bridgehead atoms. The molecule has 0 heterocycles. The zero-order valence-electron chi connectivity index (χ0n) is 12.3. The Balaban J connectivity index is 2.55. The molecule has 2 aromatic rings. The van der Waals surface area contributed by atoms with E-state index >= 15 is 0 Å². The molecular weight excluding hydrogens is 336 g/mol. The lowest BCUT2D eigenvalue weighted by atomic mass is 9.93. The highest BCUT2D eigenvalue weighted by molar-refractivity contribution is 9.10. The van der Waals surface area contributed by atoms with Crippen LogP contribution in [-0.2, 0) is 0 Å². The standard InChI is InChI=1S/C17H18BrF2N/c1-4-21-17(12-7-13(19)9-14(20)8-12)15-5-11(3)16(18)6-10(15)2/h5-9,17,21H,4H2,1-3H3. The average molecular weight is 354 g/mol. The fourth-order valence-electron chi connectivity index (χ4n) is 2.47. The zero-order valence-corrected chi connectivity index (χ0v) is 13.9. The minimum absolute atomic E-state index is 0.230. The van der Waals surface area contributed by atoms with Crippen LogP contribution in [0.2, 0.25) is 0 Å². The predicted molar refractivity (Wildman–Crippen MR) is 85.5 cm³/mol. The molecule has 4 heteroatoms. The fourth-order valence-corrected chi connectivity index (χ4v) is 2.93. The Kier molecular flexibility index (Phi) is 5.12. The van der Waals surface area contributed by atoms with Crippen molar-refractivity contribution in [2.45, 2.75) is 26.8 Å². The molecule has 1 unspecified atom stereocenters. The van der Waals surface area contributed by atoms with Crippen LogP contribution in [0.3, 0.4) is 0 Å². The second kappa shape index (κ2) is 6.67. The molecular formula is C17H18BrF2N. The predicted octanol–water partition coefficient (Wildman–Crippen LogP) is 5.04. The van der Waals surface area contributed by atoms with E-state index in [2.05, 4.69) is 27.3 Å². The summed E-state index contributed by atoms with van der Waals surface area (Å²) >= 11 is 3.51. The van der Waals surface area contributed by atoms with E-state index in [1.807, 2.05) is 26.8 Å². The maximum Gasteiger partial charge on any atom is 0.126 e. The van der Waals surface area contributed by atoms with Crippen molar-refractivity contribution >= 4 is 15.9 Å². The van der Waals surface area contributed by atoms with Gasteiger partial charge in [0.2, 0.25) is 0 Å². The SMILES string of the molecule is CCNC(c1cc(F)cc(F)c1)c1cc(C)c(Br)cc1C. The van der Waals surface area contributed by atoms with E-state index in [4.69, 9.17) is 0 Å². The number of hydrogen-bond acceptors (Lipinski definition) is 1. The molecule has 0 saturated heterocycles. The van der Waals surface area contributed by atoms with E-state index in [0.717, 1.165) is 27.2 Å². The monoisotopic (exact) mass is 353 g/mol. The Labute approximate surface area is 132 Å². The number of benzene rings is 2. The van der Waals surface area contributed by atoms with E-state index in [0.29, 0.717) is 12.1 Å². The van der Waals surface area contributed by atoms with E-state index in [-0.39, 0.29) is 6.04 Å². The quantitative estimate of drug-likeness (QED) is 0.811. The highest BCUT2D eigenvalue weighted by Crippen LogP contribution is 2.30. The second-order valence-electron chi connectivity index (χ2n) is 5.15. The van der Waals surface area contributed by atoms with E-state index in [1.165, 1.54) is 12.1 Å². The van der Waals surface area contributed by atoms with Crippen LogP contribution in [0.4, 0.5) is 8.78 Å². The van der Waals surface area contributed by atoms with Gasteiger partial charge in [-0.15, -0.1) is 0 Å². The van der Waals surface area contributed by atoms with E-state index in [9.17, 15) is 8.78 Å². The molecule has 0 aliphatic carbocycles. The number of halogens is 3. The molecule has 0 spiro atoms. The van der Waals surface area contributed by atoms with Crippen LogP contribution < -0.4 is 5.32 Å². The third-order valence-corrected chi connectivity index (χ3v) is 4.34. The molecule has 0 amide bonds. The summed E-state index contributed by atoms with van der Waals surface area (Å²) in [6.07, 6.45) is 0. The van der Waals surface area contributed by atoms with Gasteiger partial charge in [-0.3, -0.25) is 0 Å². The molecule has 0 aliphatic heterocycles. The molecule has 0 fully saturated rings. The van der Waals surface area contributed by atoms with Crippen molar-refractivity contribution in [3.8, 4) is 0 Å². The van der Waals surface area contributed by atoms with Crippen molar-refractivity contribution < 1.29 is 8.78 Å². The summed E-state index contributed by atoms with van der Waals surface area (Å²) in [5.74, 6) is -1.11. The van der Waals surface area contributed by atoms with Gasteiger partial charge in [-0.05, 0) is 60.8 Å². The van der Waals surface area contributed by atoms with Gasteiger partial charge in [0.15, 0.2) is 0 Å². The van der Waals surface area contributed by atoms with Crippen molar-refractivity contribution in [3.63, 3.8) is 0 Å². The second-order valence-corrected chi connectivity index (χ2v) is 6.01. The molecule has 2 rings (SSSR count). The highest BCUT2D eigenvalue weighted by Gasteiger charge is 2.18. The van der Waals surface area contributed by atoms with Crippen molar-refractivity contribution in [1.82, 2.24) is 5.32 Å².